The Bertz CT molecular complexity index is 751. The van der Waals surface area contributed by atoms with Crippen molar-refractivity contribution in [2.75, 3.05) is 0 Å². The van der Waals surface area contributed by atoms with Gasteiger partial charge in [0.25, 0.3) is 0 Å². The molecule has 6 heteroatoms. The van der Waals surface area contributed by atoms with Crippen LogP contribution in [-0.2, 0) is 0 Å². The molecule has 0 unspecified atom stereocenters. The second-order valence-corrected chi connectivity index (χ2v) is 4.22. The summed E-state index contributed by atoms with van der Waals surface area (Å²) >= 11 is 0. The lowest BCUT2D eigenvalue weighted by Crippen LogP contribution is -2.01. The third kappa shape index (κ3) is 2.31. The molecule has 0 saturated carbocycles. The molecule has 0 spiro atoms. The number of hydrogen-bond donors (Lipinski definition) is 0. The zero-order valence-electron chi connectivity index (χ0n) is 10.8. The largest absolute Gasteiger partial charge is 0.295 e. The lowest BCUT2D eigenvalue weighted by Gasteiger charge is -2.00. The summed E-state index contributed by atoms with van der Waals surface area (Å²) in [6.45, 7) is 1.52. The Morgan fingerprint density at radius 3 is 2.80 bits per heavy atom. The van der Waals surface area contributed by atoms with E-state index in [4.69, 9.17) is 0 Å². The zero-order chi connectivity index (χ0) is 13.9. The molecular formula is C14H11N5O. The minimum absolute atomic E-state index is 0.00286. The van der Waals surface area contributed by atoms with Gasteiger partial charge in [0, 0.05) is 11.8 Å². The van der Waals surface area contributed by atoms with E-state index in [1.807, 2.05) is 24.3 Å². The van der Waals surface area contributed by atoms with Gasteiger partial charge in [-0.3, -0.25) is 9.78 Å². The molecule has 0 atom stereocenters. The van der Waals surface area contributed by atoms with Gasteiger partial charge in [0.05, 0.1) is 5.69 Å². The second-order valence-electron chi connectivity index (χ2n) is 4.22. The first-order valence-corrected chi connectivity index (χ1v) is 6.07. The average Bonchev–Trinajstić information content (AvgIpc) is 2.98. The van der Waals surface area contributed by atoms with E-state index in [2.05, 4.69) is 20.4 Å². The summed E-state index contributed by atoms with van der Waals surface area (Å²) in [5, 5.41) is 12.2. The first kappa shape index (κ1) is 12.2. The van der Waals surface area contributed by atoms with Gasteiger partial charge < -0.3 is 0 Å². The maximum absolute atomic E-state index is 11.4. The lowest BCUT2D eigenvalue weighted by molar-refractivity contribution is 0.101. The fourth-order valence-corrected chi connectivity index (χ4v) is 1.77. The third-order valence-corrected chi connectivity index (χ3v) is 2.79. The number of hydrogen-bond acceptors (Lipinski definition) is 5. The van der Waals surface area contributed by atoms with Crippen LogP contribution in [0.15, 0.2) is 48.7 Å². The summed E-state index contributed by atoms with van der Waals surface area (Å²) in [5.41, 5.74) is 1.95. The molecule has 2 heterocycles. The number of carbonyl (C=O) groups excluding carboxylic acids is 1. The number of Topliss-reactive ketones (excluding diaryl/α,β-unsaturated/α-hetero) is 1. The van der Waals surface area contributed by atoms with Crippen LogP contribution < -0.4 is 0 Å². The van der Waals surface area contributed by atoms with Crippen LogP contribution >= 0.6 is 0 Å². The normalized spacial score (nSPS) is 10.4. The average molecular weight is 265 g/mol. The molecule has 0 radical (unpaired) electrons. The van der Waals surface area contributed by atoms with E-state index in [9.17, 15) is 4.79 Å². The molecule has 0 aliphatic carbocycles. The summed E-state index contributed by atoms with van der Waals surface area (Å²) in [5.74, 6) is 0.441. The topological polar surface area (TPSA) is 73.6 Å². The molecule has 20 heavy (non-hydrogen) atoms. The van der Waals surface area contributed by atoms with Gasteiger partial charge in [0.15, 0.2) is 5.78 Å². The minimum Gasteiger partial charge on any atom is -0.295 e. The number of nitrogens with zero attached hydrogens (tertiary/aromatic N) is 5. The van der Waals surface area contributed by atoms with Gasteiger partial charge in [0.2, 0.25) is 5.82 Å². The maximum Gasteiger partial charge on any atom is 0.223 e. The van der Waals surface area contributed by atoms with Crippen molar-refractivity contribution in [3.05, 3.63) is 54.2 Å². The molecule has 0 aliphatic heterocycles. The first-order valence-electron chi connectivity index (χ1n) is 6.07. The van der Waals surface area contributed by atoms with Crippen LogP contribution in [0.4, 0.5) is 0 Å². The van der Waals surface area contributed by atoms with Gasteiger partial charge >= 0.3 is 0 Å². The number of carbonyl (C=O) groups is 1. The minimum atomic E-state index is -0.00286. The molecule has 0 bridgehead atoms. The van der Waals surface area contributed by atoms with Crippen LogP contribution in [0.25, 0.3) is 17.2 Å². The van der Waals surface area contributed by atoms with Crippen LogP contribution in [0.5, 0.6) is 0 Å². The molecule has 98 valence electrons. The van der Waals surface area contributed by atoms with Crippen molar-refractivity contribution in [1.29, 1.82) is 0 Å². The van der Waals surface area contributed by atoms with Crippen LogP contribution in [0, 0.1) is 0 Å². The summed E-state index contributed by atoms with van der Waals surface area (Å²) in [7, 11) is 0. The quantitative estimate of drug-likeness (QED) is 0.676. The molecule has 0 amide bonds. The molecule has 0 N–H and O–H groups in total. The Kier molecular flexibility index (Phi) is 3.04. The highest BCUT2D eigenvalue weighted by atomic mass is 16.1. The molecule has 1 aromatic carbocycles. The lowest BCUT2D eigenvalue weighted by atomic mass is 10.1. The summed E-state index contributed by atoms with van der Waals surface area (Å²) in [6.07, 6.45) is 1.67. The number of ketones is 1. The van der Waals surface area contributed by atoms with E-state index in [-0.39, 0.29) is 5.78 Å². The van der Waals surface area contributed by atoms with Crippen molar-refractivity contribution >= 4 is 5.78 Å². The molecule has 3 rings (SSSR count). The van der Waals surface area contributed by atoms with Gasteiger partial charge in [0.1, 0.15) is 5.69 Å². The number of aromatic nitrogens is 5. The Morgan fingerprint density at radius 2 is 2.05 bits per heavy atom. The van der Waals surface area contributed by atoms with Crippen molar-refractivity contribution in [1.82, 2.24) is 25.2 Å². The molecular weight excluding hydrogens is 254 g/mol. The van der Waals surface area contributed by atoms with E-state index >= 15 is 0 Å². The van der Waals surface area contributed by atoms with Gasteiger partial charge in [-0.2, -0.15) is 0 Å². The Hall–Kier alpha value is -2.89. The number of pyridine rings is 1. The molecule has 2 aromatic heterocycles. The Balaban J connectivity index is 1.98. The predicted molar refractivity (Wildman–Crippen MR) is 72.4 cm³/mol. The molecule has 0 saturated heterocycles. The molecule has 0 fully saturated rings. The van der Waals surface area contributed by atoms with E-state index in [0.717, 1.165) is 0 Å². The summed E-state index contributed by atoms with van der Waals surface area (Å²) in [6, 6.07) is 12.6. The number of rotatable bonds is 3. The summed E-state index contributed by atoms with van der Waals surface area (Å²) in [4.78, 5) is 16.9. The Morgan fingerprint density at radius 1 is 1.15 bits per heavy atom. The van der Waals surface area contributed by atoms with Gasteiger partial charge in [-0.25, -0.2) is 0 Å². The SMILES string of the molecule is CC(=O)c1cccc(-n2nnc(-c3ccccn3)n2)c1. The molecule has 6 nitrogen and oxygen atoms in total. The van der Waals surface area contributed by atoms with Crippen LogP contribution in [0.2, 0.25) is 0 Å². The second kappa shape index (κ2) is 5.00. The van der Waals surface area contributed by atoms with E-state index in [0.29, 0.717) is 22.8 Å². The van der Waals surface area contributed by atoms with Crippen molar-refractivity contribution in [3.63, 3.8) is 0 Å². The van der Waals surface area contributed by atoms with Gasteiger partial charge in [-0.15, -0.1) is 15.0 Å². The third-order valence-electron chi connectivity index (χ3n) is 2.79. The van der Waals surface area contributed by atoms with Gasteiger partial charge in [-0.05, 0) is 36.4 Å². The standard InChI is InChI=1S/C14H11N5O/c1-10(20)11-5-4-6-12(9-11)19-17-14(16-18-19)13-7-2-3-8-15-13/h2-9H,1H3. The highest BCUT2D eigenvalue weighted by Crippen LogP contribution is 2.12. The van der Waals surface area contributed by atoms with Crippen molar-refractivity contribution in [2.24, 2.45) is 0 Å². The number of tetrazole rings is 1. The molecule has 0 aliphatic rings. The predicted octanol–water partition coefficient (Wildman–Crippen LogP) is 1.93. The van der Waals surface area contributed by atoms with Crippen molar-refractivity contribution in [3.8, 4) is 17.2 Å². The zero-order valence-corrected chi connectivity index (χ0v) is 10.8. The maximum atomic E-state index is 11.4. The number of benzene rings is 1. The van der Waals surface area contributed by atoms with Crippen LogP contribution in [0.3, 0.4) is 0 Å². The van der Waals surface area contributed by atoms with Crippen LogP contribution in [-0.4, -0.2) is 31.0 Å². The fourth-order valence-electron chi connectivity index (χ4n) is 1.77. The highest BCUT2D eigenvalue weighted by Gasteiger charge is 2.09. The first-order chi connectivity index (χ1) is 9.74. The van der Waals surface area contributed by atoms with Gasteiger partial charge in [-0.1, -0.05) is 18.2 Å². The van der Waals surface area contributed by atoms with E-state index in [1.165, 1.54) is 11.7 Å². The van der Waals surface area contributed by atoms with E-state index in [1.54, 1.807) is 24.4 Å². The monoisotopic (exact) mass is 265 g/mol. The fraction of sp³-hybridized carbons (Fsp3) is 0.0714. The molecule has 3 aromatic rings. The van der Waals surface area contributed by atoms with Crippen molar-refractivity contribution < 1.29 is 4.79 Å². The summed E-state index contributed by atoms with van der Waals surface area (Å²) < 4.78 is 0. The van der Waals surface area contributed by atoms with Crippen LogP contribution in [0.1, 0.15) is 17.3 Å². The van der Waals surface area contributed by atoms with E-state index < -0.39 is 0 Å². The Labute approximate surface area is 115 Å². The highest BCUT2D eigenvalue weighted by molar-refractivity contribution is 5.94. The smallest absolute Gasteiger partial charge is 0.223 e. The van der Waals surface area contributed by atoms with Crippen molar-refractivity contribution in [2.45, 2.75) is 6.92 Å².